The fourth-order valence-electron chi connectivity index (χ4n) is 2.70. The Morgan fingerprint density at radius 3 is 2.42 bits per heavy atom. The number of nitrogens with zero attached hydrogens (tertiary/aromatic N) is 1. The maximum absolute atomic E-state index is 12.6. The molecule has 10 heteroatoms. The highest BCUT2D eigenvalue weighted by Crippen LogP contribution is 2.35. The average molecular weight is 386 g/mol. The van der Waals surface area contributed by atoms with Gasteiger partial charge in [-0.1, -0.05) is 18.2 Å². The Morgan fingerprint density at radius 2 is 1.88 bits per heavy atom. The summed E-state index contributed by atoms with van der Waals surface area (Å²) >= 11 is 0. The lowest BCUT2D eigenvalue weighted by atomic mass is 10.1. The van der Waals surface area contributed by atoms with E-state index in [1.165, 1.54) is 11.8 Å². The lowest BCUT2D eigenvalue weighted by Gasteiger charge is -2.34. The molecule has 144 valence electrons. The van der Waals surface area contributed by atoms with Crippen LogP contribution < -0.4 is 10.1 Å². The number of benzene rings is 1. The van der Waals surface area contributed by atoms with E-state index in [0.29, 0.717) is 25.9 Å². The van der Waals surface area contributed by atoms with Crippen molar-refractivity contribution >= 4 is 19.6 Å². The van der Waals surface area contributed by atoms with Crippen LogP contribution in [0.15, 0.2) is 30.3 Å². The van der Waals surface area contributed by atoms with E-state index in [4.69, 9.17) is 14.5 Å². The highest BCUT2D eigenvalue weighted by molar-refractivity contribution is 7.46. The largest absolute Gasteiger partial charge is 0.490 e. The molecule has 0 bridgehead atoms. The molecule has 1 aliphatic heterocycles. The van der Waals surface area contributed by atoms with Crippen LogP contribution in [0.4, 0.5) is 0 Å². The molecule has 1 aromatic rings. The number of phosphoric ester groups is 1. The third kappa shape index (κ3) is 6.76. The maximum Gasteiger partial charge on any atom is 0.469 e. The molecule has 1 aliphatic rings. The molecule has 1 atom stereocenters. The topological polar surface area (TPSA) is 125 Å². The van der Waals surface area contributed by atoms with E-state index in [-0.39, 0.29) is 6.10 Å². The third-order valence-corrected chi connectivity index (χ3v) is 4.37. The van der Waals surface area contributed by atoms with Crippen molar-refractivity contribution in [3.8, 4) is 5.75 Å². The molecule has 0 unspecified atom stereocenters. The number of ether oxygens (including phenoxy) is 1. The SMILES string of the molecule is CC(=O)N[C@@H](COP(=O)(O)O)C(=O)N1CCC(Oc2ccccc2)CC1. The van der Waals surface area contributed by atoms with Gasteiger partial charge in [-0.2, -0.15) is 0 Å². The fraction of sp³-hybridized carbons (Fsp3) is 0.500. The van der Waals surface area contributed by atoms with Gasteiger partial charge in [-0.3, -0.25) is 14.1 Å². The summed E-state index contributed by atoms with van der Waals surface area (Å²) in [5.41, 5.74) is 0. The number of carbonyl (C=O) groups is 2. The Kier molecular flexibility index (Phi) is 7.16. The van der Waals surface area contributed by atoms with Crippen LogP contribution in [0.5, 0.6) is 5.75 Å². The minimum atomic E-state index is -4.73. The maximum atomic E-state index is 12.6. The van der Waals surface area contributed by atoms with Crippen molar-refractivity contribution in [2.45, 2.75) is 31.9 Å². The van der Waals surface area contributed by atoms with E-state index >= 15 is 0 Å². The Balaban J connectivity index is 1.89. The molecule has 0 saturated carbocycles. The van der Waals surface area contributed by atoms with Gasteiger partial charge in [-0.25, -0.2) is 4.57 Å². The van der Waals surface area contributed by atoms with Crippen molar-refractivity contribution in [3.05, 3.63) is 30.3 Å². The van der Waals surface area contributed by atoms with Gasteiger partial charge in [-0.05, 0) is 12.1 Å². The van der Waals surface area contributed by atoms with Crippen LogP contribution in [0.25, 0.3) is 0 Å². The van der Waals surface area contributed by atoms with Crippen molar-refractivity contribution in [3.63, 3.8) is 0 Å². The summed E-state index contributed by atoms with van der Waals surface area (Å²) in [5.74, 6) is -0.157. The zero-order chi connectivity index (χ0) is 19.2. The van der Waals surface area contributed by atoms with Crippen molar-refractivity contribution in [2.75, 3.05) is 19.7 Å². The molecule has 1 heterocycles. The molecule has 1 fully saturated rings. The van der Waals surface area contributed by atoms with Crippen LogP contribution in [0.3, 0.4) is 0 Å². The molecular weight excluding hydrogens is 363 g/mol. The molecule has 1 saturated heterocycles. The quantitative estimate of drug-likeness (QED) is 0.588. The van der Waals surface area contributed by atoms with Gasteiger partial charge in [-0.15, -0.1) is 0 Å². The molecule has 0 aromatic heterocycles. The highest BCUT2D eigenvalue weighted by Gasteiger charge is 2.31. The number of piperidine rings is 1. The summed E-state index contributed by atoms with van der Waals surface area (Å²) in [6.07, 6.45) is 1.21. The Bertz CT molecular complexity index is 656. The number of likely N-dealkylation sites (tertiary alicyclic amines) is 1. The summed E-state index contributed by atoms with van der Waals surface area (Å²) in [5, 5.41) is 2.37. The molecular formula is C16H23N2O7P. The first-order chi connectivity index (χ1) is 12.2. The standard InChI is InChI=1S/C16H23N2O7P/c1-12(19)17-15(11-24-26(21,22)23)16(20)18-9-7-14(8-10-18)25-13-5-3-2-4-6-13/h2-6,14-15H,7-11H2,1H3,(H,17,19)(H2,21,22,23)/t15-/m0/s1. The summed E-state index contributed by atoms with van der Waals surface area (Å²) in [6, 6.07) is 8.25. The molecule has 26 heavy (non-hydrogen) atoms. The predicted molar refractivity (Wildman–Crippen MR) is 92.3 cm³/mol. The van der Waals surface area contributed by atoms with Crippen LogP contribution >= 0.6 is 7.82 Å². The lowest BCUT2D eigenvalue weighted by Crippen LogP contribution is -2.53. The number of para-hydroxylation sites is 1. The van der Waals surface area contributed by atoms with Gasteiger partial charge in [0.2, 0.25) is 11.8 Å². The molecule has 3 N–H and O–H groups in total. The second-order valence-corrected chi connectivity index (χ2v) is 7.23. The minimum absolute atomic E-state index is 0.0213. The Hall–Kier alpha value is -1.93. The first-order valence-electron chi connectivity index (χ1n) is 8.22. The van der Waals surface area contributed by atoms with Crippen LogP contribution in [-0.4, -0.2) is 58.3 Å². The van der Waals surface area contributed by atoms with E-state index < -0.39 is 32.3 Å². The average Bonchev–Trinajstić information content (AvgIpc) is 2.58. The fourth-order valence-corrected chi connectivity index (χ4v) is 3.04. The van der Waals surface area contributed by atoms with Gasteiger partial charge in [0.25, 0.3) is 0 Å². The number of hydrogen-bond donors (Lipinski definition) is 3. The molecule has 0 spiro atoms. The van der Waals surface area contributed by atoms with Crippen molar-refractivity contribution < 1.29 is 33.2 Å². The van der Waals surface area contributed by atoms with Gasteiger partial charge in [0.05, 0.1) is 6.61 Å². The van der Waals surface area contributed by atoms with E-state index in [1.54, 1.807) is 0 Å². The first-order valence-corrected chi connectivity index (χ1v) is 9.75. The number of carbonyl (C=O) groups excluding carboxylic acids is 2. The molecule has 2 rings (SSSR count). The second-order valence-electron chi connectivity index (χ2n) is 6.00. The third-order valence-electron chi connectivity index (χ3n) is 3.88. The Labute approximate surface area is 151 Å². The second kappa shape index (κ2) is 9.14. The molecule has 2 amide bonds. The zero-order valence-electron chi connectivity index (χ0n) is 14.4. The normalized spacial score (nSPS) is 16.8. The van der Waals surface area contributed by atoms with Crippen LogP contribution in [0.2, 0.25) is 0 Å². The summed E-state index contributed by atoms with van der Waals surface area (Å²) < 4.78 is 21.1. The van der Waals surface area contributed by atoms with Crippen molar-refractivity contribution in [1.82, 2.24) is 10.2 Å². The number of phosphoric acid groups is 1. The minimum Gasteiger partial charge on any atom is -0.490 e. The van der Waals surface area contributed by atoms with Crippen LogP contribution in [0.1, 0.15) is 19.8 Å². The van der Waals surface area contributed by atoms with Gasteiger partial charge in [0.15, 0.2) is 0 Å². The first kappa shape index (κ1) is 20.4. The summed E-state index contributed by atoms with van der Waals surface area (Å²) in [4.78, 5) is 43.0. The summed E-state index contributed by atoms with van der Waals surface area (Å²) in [6.45, 7) is 1.46. The van der Waals surface area contributed by atoms with Crippen molar-refractivity contribution in [2.24, 2.45) is 0 Å². The molecule has 1 aromatic carbocycles. The Morgan fingerprint density at radius 1 is 1.27 bits per heavy atom. The number of rotatable bonds is 7. The van der Waals surface area contributed by atoms with Gasteiger partial charge in [0, 0.05) is 32.9 Å². The smallest absolute Gasteiger partial charge is 0.469 e. The van der Waals surface area contributed by atoms with Crippen LogP contribution in [0, 0.1) is 0 Å². The summed E-state index contributed by atoms with van der Waals surface area (Å²) in [7, 11) is -4.73. The van der Waals surface area contributed by atoms with E-state index in [2.05, 4.69) is 9.84 Å². The van der Waals surface area contributed by atoms with Crippen molar-refractivity contribution in [1.29, 1.82) is 0 Å². The van der Waals surface area contributed by atoms with Gasteiger partial charge in [0.1, 0.15) is 17.9 Å². The number of amides is 2. The monoisotopic (exact) mass is 386 g/mol. The van der Waals surface area contributed by atoms with E-state index in [0.717, 1.165) is 5.75 Å². The van der Waals surface area contributed by atoms with Gasteiger partial charge >= 0.3 is 7.82 Å². The lowest BCUT2D eigenvalue weighted by molar-refractivity contribution is -0.138. The number of nitrogens with one attached hydrogen (secondary N) is 1. The van der Waals surface area contributed by atoms with Crippen LogP contribution in [-0.2, 0) is 18.7 Å². The molecule has 0 aliphatic carbocycles. The van der Waals surface area contributed by atoms with Gasteiger partial charge < -0.3 is 24.7 Å². The highest BCUT2D eigenvalue weighted by atomic mass is 31.2. The predicted octanol–water partition coefficient (Wildman–Crippen LogP) is 0.670. The van der Waals surface area contributed by atoms with E-state index in [9.17, 15) is 14.2 Å². The number of hydrogen-bond acceptors (Lipinski definition) is 5. The molecule has 0 radical (unpaired) electrons. The molecule has 9 nitrogen and oxygen atoms in total. The zero-order valence-corrected chi connectivity index (χ0v) is 15.3. The van der Waals surface area contributed by atoms with E-state index in [1.807, 2.05) is 30.3 Å².